The number of hydrogen-bond acceptors (Lipinski definition) is 6. The Bertz CT molecular complexity index is 878. The van der Waals surface area contributed by atoms with Crippen molar-refractivity contribution in [3.05, 3.63) is 48.5 Å². The summed E-state index contributed by atoms with van der Waals surface area (Å²) >= 11 is 0. The van der Waals surface area contributed by atoms with Crippen LogP contribution in [-0.2, 0) is 14.3 Å². The molecule has 152 valence electrons. The van der Waals surface area contributed by atoms with Crippen molar-refractivity contribution < 1.29 is 19.1 Å². The van der Waals surface area contributed by atoms with Gasteiger partial charge in [0.05, 0.1) is 31.9 Å². The molecule has 2 saturated heterocycles. The minimum absolute atomic E-state index is 0.116. The van der Waals surface area contributed by atoms with Gasteiger partial charge >= 0.3 is 0 Å². The zero-order chi connectivity index (χ0) is 20.2. The average Bonchev–Trinajstić information content (AvgIpc) is 3.03. The molecular weight excluding hydrogens is 370 g/mol. The highest BCUT2D eigenvalue weighted by molar-refractivity contribution is 6.23. The van der Waals surface area contributed by atoms with Crippen molar-refractivity contribution in [1.29, 1.82) is 0 Å². The second kappa shape index (κ2) is 8.53. The molecule has 1 atom stereocenters. The molecule has 2 heterocycles. The van der Waals surface area contributed by atoms with E-state index >= 15 is 0 Å². The number of hydrogen-bond donors (Lipinski definition) is 1. The Labute approximate surface area is 170 Å². The molecule has 2 fully saturated rings. The number of nitrogens with one attached hydrogen (secondary N) is 1. The summed E-state index contributed by atoms with van der Waals surface area (Å²) in [5, 5.41) is 3.21. The summed E-state index contributed by atoms with van der Waals surface area (Å²) in [6.45, 7) is 5.54. The number of anilines is 3. The lowest BCUT2D eigenvalue weighted by atomic mass is 10.2. The van der Waals surface area contributed by atoms with Gasteiger partial charge in [-0.1, -0.05) is 12.1 Å². The van der Waals surface area contributed by atoms with Gasteiger partial charge in [-0.05, 0) is 43.3 Å². The molecular formula is C22H25N3O4. The van der Waals surface area contributed by atoms with Crippen LogP contribution in [0.25, 0.3) is 0 Å². The Kier molecular flexibility index (Phi) is 5.67. The van der Waals surface area contributed by atoms with Crippen LogP contribution in [0, 0.1) is 0 Å². The van der Waals surface area contributed by atoms with Crippen LogP contribution in [0.2, 0.25) is 0 Å². The van der Waals surface area contributed by atoms with Gasteiger partial charge in [0.15, 0.2) is 0 Å². The van der Waals surface area contributed by atoms with Gasteiger partial charge < -0.3 is 19.7 Å². The smallest absolute Gasteiger partial charge is 0.256 e. The van der Waals surface area contributed by atoms with Crippen molar-refractivity contribution in [2.45, 2.75) is 19.4 Å². The van der Waals surface area contributed by atoms with Crippen molar-refractivity contribution in [1.82, 2.24) is 0 Å². The Morgan fingerprint density at radius 1 is 1.07 bits per heavy atom. The SMILES string of the molecule is CCOc1ccccc1N1C(=O)C[C@@H](Nc2ccc(N3CCOCC3)cc2)C1=O. The van der Waals surface area contributed by atoms with Crippen LogP contribution in [-0.4, -0.2) is 50.8 Å². The second-order valence-corrected chi connectivity index (χ2v) is 7.02. The summed E-state index contributed by atoms with van der Waals surface area (Å²) in [4.78, 5) is 29.0. The fourth-order valence-electron chi connectivity index (χ4n) is 3.71. The highest BCUT2D eigenvalue weighted by Gasteiger charge is 2.40. The molecule has 29 heavy (non-hydrogen) atoms. The lowest BCUT2D eigenvalue weighted by molar-refractivity contribution is -0.121. The quantitative estimate of drug-likeness (QED) is 0.759. The van der Waals surface area contributed by atoms with Gasteiger partial charge in [-0.2, -0.15) is 0 Å². The van der Waals surface area contributed by atoms with E-state index in [-0.39, 0.29) is 18.2 Å². The number of nitrogens with zero attached hydrogens (tertiary/aromatic N) is 2. The number of para-hydroxylation sites is 2. The van der Waals surface area contributed by atoms with E-state index < -0.39 is 6.04 Å². The molecule has 0 saturated carbocycles. The number of rotatable bonds is 6. The number of benzene rings is 2. The first kappa shape index (κ1) is 19.3. The van der Waals surface area contributed by atoms with Crippen LogP contribution in [0.15, 0.2) is 48.5 Å². The van der Waals surface area contributed by atoms with Crippen molar-refractivity contribution in [3.8, 4) is 5.75 Å². The highest BCUT2D eigenvalue weighted by atomic mass is 16.5. The van der Waals surface area contributed by atoms with Crippen molar-refractivity contribution in [2.24, 2.45) is 0 Å². The molecule has 0 aliphatic carbocycles. The van der Waals surface area contributed by atoms with Crippen molar-refractivity contribution in [3.63, 3.8) is 0 Å². The van der Waals surface area contributed by atoms with Crippen LogP contribution >= 0.6 is 0 Å². The first-order chi connectivity index (χ1) is 14.2. The minimum Gasteiger partial charge on any atom is -0.492 e. The normalized spacial score (nSPS) is 19.6. The number of morpholine rings is 1. The van der Waals surface area contributed by atoms with Gasteiger partial charge in [0.2, 0.25) is 5.91 Å². The fraction of sp³-hybridized carbons (Fsp3) is 0.364. The van der Waals surface area contributed by atoms with Crippen molar-refractivity contribution >= 4 is 28.9 Å². The third-order valence-electron chi connectivity index (χ3n) is 5.14. The Morgan fingerprint density at radius 2 is 1.79 bits per heavy atom. The second-order valence-electron chi connectivity index (χ2n) is 7.02. The molecule has 7 heteroatoms. The van der Waals surface area contributed by atoms with E-state index in [2.05, 4.69) is 10.2 Å². The van der Waals surface area contributed by atoms with E-state index in [9.17, 15) is 9.59 Å². The minimum atomic E-state index is -0.591. The third-order valence-corrected chi connectivity index (χ3v) is 5.14. The van der Waals surface area contributed by atoms with E-state index in [4.69, 9.17) is 9.47 Å². The van der Waals surface area contributed by atoms with Gasteiger partial charge in [0.1, 0.15) is 11.8 Å². The molecule has 7 nitrogen and oxygen atoms in total. The molecule has 2 aliphatic heterocycles. The predicted molar refractivity (Wildman–Crippen MR) is 112 cm³/mol. The number of imide groups is 1. The lowest BCUT2D eigenvalue weighted by Crippen LogP contribution is -2.36. The van der Waals surface area contributed by atoms with Gasteiger partial charge in [-0.3, -0.25) is 9.59 Å². The zero-order valence-corrected chi connectivity index (χ0v) is 16.5. The highest BCUT2D eigenvalue weighted by Crippen LogP contribution is 2.33. The number of carbonyl (C=O) groups excluding carboxylic acids is 2. The zero-order valence-electron chi connectivity index (χ0n) is 16.5. The summed E-state index contributed by atoms with van der Waals surface area (Å²) in [5.41, 5.74) is 2.43. The van der Waals surface area contributed by atoms with E-state index in [1.165, 1.54) is 4.90 Å². The topological polar surface area (TPSA) is 71.1 Å². The van der Waals surface area contributed by atoms with E-state index in [1.54, 1.807) is 18.2 Å². The summed E-state index contributed by atoms with van der Waals surface area (Å²) in [7, 11) is 0. The van der Waals surface area contributed by atoms with E-state index in [0.717, 1.165) is 37.7 Å². The molecule has 0 unspecified atom stereocenters. The molecule has 2 aliphatic rings. The molecule has 1 N–H and O–H groups in total. The molecule has 2 amide bonds. The summed E-state index contributed by atoms with van der Waals surface area (Å²) in [6, 6.07) is 14.5. The van der Waals surface area contributed by atoms with Gasteiger partial charge in [-0.25, -0.2) is 4.90 Å². The fourth-order valence-corrected chi connectivity index (χ4v) is 3.71. The Balaban J connectivity index is 1.47. The Hall–Kier alpha value is -3.06. The summed E-state index contributed by atoms with van der Waals surface area (Å²) in [6.07, 6.45) is 0.116. The average molecular weight is 395 g/mol. The third kappa shape index (κ3) is 4.05. The van der Waals surface area contributed by atoms with Gasteiger partial charge in [0, 0.05) is 24.5 Å². The van der Waals surface area contributed by atoms with E-state index in [1.807, 2.05) is 37.3 Å². The predicted octanol–water partition coefficient (Wildman–Crippen LogP) is 2.67. The van der Waals surface area contributed by atoms with Crippen LogP contribution < -0.4 is 19.9 Å². The molecule has 0 spiro atoms. The van der Waals surface area contributed by atoms with Crippen LogP contribution in [0.4, 0.5) is 17.1 Å². The Morgan fingerprint density at radius 3 is 2.52 bits per heavy atom. The van der Waals surface area contributed by atoms with Crippen LogP contribution in [0.1, 0.15) is 13.3 Å². The molecule has 4 rings (SSSR count). The number of carbonyl (C=O) groups is 2. The first-order valence-corrected chi connectivity index (χ1v) is 9.95. The number of amides is 2. The largest absolute Gasteiger partial charge is 0.492 e. The van der Waals surface area contributed by atoms with Gasteiger partial charge in [0.25, 0.3) is 5.91 Å². The summed E-state index contributed by atoms with van der Waals surface area (Å²) < 4.78 is 11.0. The standard InChI is InChI=1S/C22H25N3O4/c1-2-29-20-6-4-3-5-19(20)25-21(26)15-18(22(25)27)23-16-7-9-17(10-8-16)24-11-13-28-14-12-24/h3-10,18,23H,2,11-15H2,1H3/t18-/m1/s1. The van der Waals surface area contributed by atoms with E-state index in [0.29, 0.717) is 18.0 Å². The maximum atomic E-state index is 13.0. The van der Waals surface area contributed by atoms with Crippen LogP contribution in [0.5, 0.6) is 5.75 Å². The first-order valence-electron chi connectivity index (χ1n) is 9.95. The maximum Gasteiger partial charge on any atom is 0.256 e. The van der Waals surface area contributed by atoms with Crippen molar-refractivity contribution in [2.75, 3.05) is 48.0 Å². The molecule has 0 radical (unpaired) electrons. The number of ether oxygens (including phenoxy) is 2. The monoisotopic (exact) mass is 395 g/mol. The molecule has 2 aromatic rings. The molecule has 2 aromatic carbocycles. The summed E-state index contributed by atoms with van der Waals surface area (Å²) in [5.74, 6) is 0.0382. The molecule has 0 bridgehead atoms. The lowest BCUT2D eigenvalue weighted by Gasteiger charge is -2.29. The van der Waals surface area contributed by atoms with Crippen LogP contribution in [0.3, 0.4) is 0 Å². The maximum absolute atomic E-state index is 13.0. The van der Waals surface area contributed by atoms with Gasteiger partial charge in [-0.15, -0.1) is 0 Å². The molecule has 0 aromatic heterocycles.